The van der Waals surface area contributed by atoms with Crippen LogP contribution in [0.25, 0.3) is 0 Å². The highest BCUT2D eigenvalue weighted by molar-refractivity contribution is 5.45. The van der Waals surface area contributed by atoms with Crippen LogP contribution in [0, 0.1) is 11.4 Å². The summed E-state index contributed by atoms with van der Waals surface area (Å²) in [5.41, 5.74) is 1.09. The van der Waals surface area contributed by atoms with E-state index >= 15 is 0 Å². The Hall–Kier alpha value is -1.16. The molecular weight excluding hydrogens is 207 g/mol. The average Bonchev–Trinajstić information content (AvgIpc) is 2.99. The zero-order valence-electron chi connectivity index (χ0n) is 9.37. The van der Waals surface area contributed by atoms with Gasteiger partial charge in [0, 0.05) is 31.2 Å². The molecule has 0 unspecified atom stereocenters. The standard InChI is InChI=1S/C12H15FN2O/c1-16-6-9-2-3-10(14-11(9)13)15-7-12(8-15)4-5-12/h2-3H,4-8H2,1H3. The molecule has 1 aliphatic carbocycles. The van der Waals surface area contributed by atoms with Gasteiger partial charge in [-0.15, -0.1) is 0 Å². The molecule has 1 aromatic heterocycles. The van der Waals surface area contributed by atoms with Crippen molar-refractivity contribution in [2.24, 2.45) is 5.41 Å². The zero-order valence-corrected chi connectivity index (χ0v) is 9.37. The first kappa shape index (κ1) is 10.0. The number of anilines is 1. The predicted molar refractivity (Wildman–Crippen MR) is 58.8 cm³/mol. The van der Waals surface area contributed by atoms with Crippen molar-refractivity contribution in [1.29, 1.82) is 0 Å². The quantitative estimate of drug-likeness (QED) is 0.731. The Morgan fingerprint density at radius 1 is 1.44 bits per heavy atom. The minimum atomic E-state index is -0.406. The third-order valence-electron chi connectivity index (χ3n) is 3.54. The minimum absolute atomic E-state index is 0.281. The van der Waals surface area contributed by atoms with Gasteiger partial charge >= 0.3 is 0 Å². The molecule has 0 bridgehead atoms. The normalized spacial score (nSPS) is 21.0. The summed E-state index contributed by atoms with van der Waals surface area (Å²) in [6.45, 7) is 2.37. The van der Waals surface area contributed by atoms with Crippen LogP contribution in [0.15, 0.2) is 12.1 Å². The summed E-state index contributed by atoms with van der Waals surface area (Å²) in [7, 11) is 1.56. The third kappa shape index (κ3) is 1.57. The highest BCUT2D eigenvalue weighted by Crippen LogP contribution is 2.53. The monoisotopic (exact) mass is 222 g/mol. The van der Waals surface area contributed by atoms with E-state index in [4.69, 9.17) is 4.74 Å². The van der Waals surface area contributed by atoms with E-state index in [1.54, 1.807) is 13.2 Å². The van der Waals surface area contributed by atoms with Crippen LogP contribution in [0.2, 0.25) is 0 Å². The molecule has 4 heteroatoms. The van der Waals surface area contributed by atoms with Gasteiger partial charge in [-0.1, -0.05) is 0 Å². The van der Waals surface area contributed by atoms with Gasteiger partial charge in [-0.3, -0.25) is 0 Å². The molecule has 3 nitrogen and oxygen atoms in total. The van der Waals surface area contributed by atoms with E-state index in [9.17, 15) is 4.39 Å². The number of halogens is 1. The number of nitrogens with zero attached hydrogens (tertiary/aromatic N) is 2. The van der Waals surface area contributed by atoms with Crippen LogP contribution in [0.3, 0.4) is 0 Å². The Balaban J connectivity index is 1.73. The zero-order chi connectivity index (χ0) is 11.2. The highest BCUT2D eigenvalue weighted by atomic mass is 19.1. The maximum atomic E-state index is 13.5. The Kier molecular flexibility index (Phi) is 2.14. The molecule has 1 spiro atoms. The van der Waals surface area contributed by atoms with Gasteiger partial charge < -0.3 is 9.64 Å². The Morgan fingerprint density at radius 2 is 2.19 bits per heavy atom. The second kappa shape index (κ2) is 3.42. The fourth-order valence-corrected chi connectivity index (χ4v) is 2.31. The lowest BCUT2D eigenvalue weighted by Crippen LogP contribution is -2.48. The Morgan fingerprint density at radius 3 is 2.75 bits per heavy atom. The number of ether oxygens (including phenoxy) is 1. The molecule has 1 saturated carbocycles. The molecule has 2 aliphatic rings. The summed E-state index contributed by atoms with van der Waals surface area (Å²) in [6, 6.07) is 3.64. The van der Waals surface area contributed by atoms with E-state index in [1.807, 2.05) is 6.07 Å². The van der Waals surface area contributed by atoms with Gasteiger partial charge in [-0.05, 0) is 25.0 Å². The van der Waals surface area contributed by atoms with Crippen LogP contribution in [0.4, 0.5) is 10.2 Å². The van der Waals surface area contributed by atoms with Crippen molar-refractivity contribution in [2.75, 3.05) is 25.1 Å². The minimum Gasteiger partial charge on any atom is -0.380 e. The second-order valence-corrected chi connectivity index (χ2v) is 4.91. The molecule has 16 heavy (non-hydrogen) atoms. The number of pyridine rings is 1. The van der Waals surface area contributed by atoms with Crippen molar-refractivity contribution in [2.45, 2.75) is 19.4 Å². The smallest absolute Gasteiger partial charge is 0.220 e. The van der Waals surface area contributed by atoms with Gasteiger partial charge in [-0.25, -0.2) is 4.98 Å². The molecule has 0 atom stereocenters. The number of aromatic nitrogens is 1. The first-order valence-corrected chi connectivity index (χ1v) is 5.62. The van der Waals surface area contributed by atoms with Crippen molar-refractivity contribution in [1.82, 2.24) is 4.98 Å². The lowest BCUT2D eigenvalue weighted by molar-refractivity contribution is 0.180. The van der Waals surface area contributed by atoms with Crippen LogP contribution < -0.4 is 4.90 Å². The number of methoxy groups -OCH3 is 1. The number of rotatable bonds is 3. The molecule has 0 aromatic carbocycles. The SMILES string of the molecule is COCc1ccc(N2CC3(CC3)C2)nc1F. The van der Waals surface area contributed by atoms with Gasteiger partial charge in [0.1, 0.15) is 5.82 Å². The topological polar surface area (TPSA) is 25.4 Å². The summed E-state index contributed by atoms with van der Waals surface area (Å²) in [6.07, 6.45) is 2.65. The first-order chi connectivity index (χ1) is 7.72. The largest absolute Gasteiger partial charge is 0.380 e. The van der Waals surface area contributed by atoms with Gasteiger partial charge in [0.05, 0.1) is 6.61 Å². The lowest BCUT2D eigenvalue weighted by atomic mass is 9.97. The predicted octanol–water partition coefficient (Wildman–Crippen LogP) is 1.97. The van der Waals surface area contributed by atoms with Crippen molar-refractivity contribution < 1.29 is 9.13 Å². The van der Waals surface area contributed by atoms with Crippen molar-refractivity contribution in [3.8, 4) is 0 Å². The molecule has 1 aliphatic heterocycles. The lowest BCUT2D eigenvalue weighted by Gasteiger charge is -2.40. The van der Waals surface area contributed by atoms with Crippen molar-refractivity contribution >= 4 is 5.82 Å². The van der Waals surface area contributed by atoms with Crippen LogP contribution in [-0.2, 0) is 11.3 Å². The van der Waals surface area contributed by atoms with Gasteiger partial charge in [0.2, 0.25) is 5.95 Å². The van der Waals surface area contributed by atoms with Crippen LogP contribution in [0.1, 0.15) is 18.4 Å². The van der Waals surface area contributed by atoms with E-state index in [1.165, 1.54) is 12.8 Å². The fourth-order valence-electron chi connectivity index (χ4n) is 2.31. The Labute approximate surface area is 94.2 Å². The number of hydrogen-bond acceptors (Lipinski definition) is 3. The summed E-state index contributed by atoms with van der Waals surface area (Å²) >= 11 is 0. The van der Waals surface area contributed by atoms with Crippen LogP contribution >= 0.6 is 0 Å². The molecule has 0 N–H and O–H groups in total. The molecule has 1 saturated heterocycles. The summed E-state index contributed by atoms with van der Waals surface area (Å²) in [5, 5.41) is 0. The highest BCUT2D eigenvalue weighted by Gasteiger charge is 2.52. The average molecular weight is 222 g/mol. The van der Waals surface area contributed by atoms with Crippen LogP contribution in [0.5, 0.6) is 0 Å². The van der Waals surface area contributed by atoms with Crippen molar-refractivity contribution in [3.63, 3.8) is 0 Å². The summed E-state index contributed by atoms with van der Waals surface area (Å²) < 4.78 is 18.4. The molecule has 3 rings (SSSR count). The maximum absolute atomic E-state index is 13.5. The molecule has 0 amide bonds. The van der Waals surface area contributed by atoms with Crippen molar-refractivity contribution in [3.05, 3.63) is 23.6 Å². The summed E-state index contributed by atoms with van der Waals surface area (Å²) in [4.78, 5) is 6.13. The van der Waals surface area contributed by atoms with Crippen LogP contribution in [-0.4, -0.2) is 25.2 Å². The summed E-state index contributed by atoms with van der Waals surface area (Å²) in [5.74, 6) is 0.353. The first-order valence-electron chi connectivity index (χ1n) is 5.62. The fraction of sp³-hybridized carbons (Fsp3) is 0.583. The third-order valence-corrected chi connectivity index (χ3v) is 3.54. The van der Waals surface area contributed by atoms with E-state index < -0.39 is 5.95 Å². The van der Waals surface area contributed by atoms with E-state index in [2.05, 4.69) is 9.88 Å². The maximum Gasteiger partial charge on any atom is 0.220 e. The van der Waals surface area contributed by atoms with Gasteiger partial charge in [0.15, 0.2) is 0 Å². The van der Waals surface area contributed by atoms with E-state index in [0.29, 0.717) is 11.0 Å². The number of hydrogen-bond donors (Lipinski definition) is 0. The molecule has 2 heterocycles. The van der Waals surface area contributed by atoms with E-state index in [-0.39, 0.29) is 6.61 Å². The molecule has 86 valence electrons. The second-order valence-electron chi connectivity index (χ2n) is 4.91. The Bertz CT molecular complexity index is 409. The molecule has 1 aromatic rings. The van der Waals surface area contributed by atoms with Gasteiger partial charge in [-0.2, -0.15) is 4.39 Å². The molecule has 0 radical (unpaired) electrons. The molecular formula is C12H15FN2O. The van der Waals surface area contributed by atoms with Gasteiger partial charge in [0.25, 0.3) is 0 Å². The molecule has 2 fully saturated rings. The van der Waals surface area contributed by atoms with E-state index in [0.717, 1.165) is 18.9 Å².